The normalized spacial score (nSPS) is 16.1. The van der Waals surface area contributed by atoms with E-state index in [9.17, 15) is 4.79 Å². The predicted octanol–water partition coefficient (Wildman–Crippen LogP) is 5.17. The molecule has 0 unspecified atom stereocenters. The van der Waals surface area contributed by atoms with Crippen molar-refractivity contribution in [3.63, 3.8) is 0 Å². The molecule has 4 heteroatoms. The third-order valence-electron chi connectivity index (χ3n) is 4.32. The molecule has 3 rings (SSSR count). The van der Waals surface area contributed by atoms with Gasteiger partial charge in [-0.2, -0.15) is 0 Å². The van der Waals surface area contributed by atoms with Gasteiger partial charge >= 0.3 is 0 Å². The van der Waals surface area contributed by atoms with Gasteiger partial charge in [0.15, 0.2) is 5.60 Å². The van der Waals surface area contributed by atoms with E-state index in [0.717, 1.165) is 11.3 Å². The maximum atomic E-state index is 12.9. The molecule has 0 bridgehead atoms. The highest BCUT2D eigenvalue weighted by Gasteiger charge is 2.40. The van der Waals surface area contributed by atoms with Gasteiger partial charge < -0.3 is 9.64 Å². The smallest absolute Gasteiger partial charge is 0.271 e. The van der Waals surface area contributed by atoms with Crippen LogP contribution in [0.3, 0.4) is 0 Å². The van der Waals surface area contributed by atoms with E-state index >= 15 is 0 Å². The summed E-state index contributed by atoms with van der Waals surface area (Å²) in [6, 6.07) is 13.8. The van der Waals surface area contributed by atoms with Crippen LogP contribution in [0.1, 0.15) is 44.7 Å². The molecule has 1 heterocycles. The number of hydrogen-bond donors (Lipinski definition) is 0. The van der Waals surface area contributed by atoms with Crippen molar-refractivity contribution < 1.29 is 9.53 Å². The fourth-order valence-corrected chi connectivity index (χ4v) is 3.05. The first-order chi connectivity index (χ1) is 11.3. The van der Waals surface area contributed by atoms with Gasteiger partial charge in [-0.1, -0.05) is 49.7 Å². The zero-order valence-corrected chi connectivity index (χ0v) is 15.2. The molecule has 1 aliphatic rings. The van der Waals surface area contributed by atoms with Crippen molar-refractivity contribution in [3.8, 4) is 5.75 Å². The van der Waals surface area contributed by atoms with Crippen molar-refractivity contribution in [2.24, 2.45) is 0 Å². The Morgan fingerprint density at radius 3 is 2.42 bits per heavy atom. The monoisotopic (exact) mass is 343 g/mol. The van der Waals surface area contributed by atoms with Crippen LogP contribution >= 0.6 is 11.6 Å². The highest BCUT2D eigenvalue weighted by molar-refractivity contribution is 6.31. The van der Waals surface area contributed by atoms with Crippen LogP contribution in [0.2, 0.25) is 5.02 Å². The van der Waals surface area contributed by atoms with Crippen LogP contribution in [0.5, 0.6) is 5.75 Å². The van der Waals surface area contributed by atoms with E-state index in [4.69, 9.17) is 16.3 Å². The van der Waals surface area contributed by atoms with Gasteiger partial charge in [0, 0.05) is 5.02 Å². The van der Waals surface area contributed by atoms with Crippen molar-refractivity contribution in [2.45, 2.75) is 45.8 Å². The number of carbonyl (C=O) groups excluding carboxylic acids is 1. The zero-order chi connectivity index (χ0) is 17.5. The molecule has 0 fully saturated rings. The number of ether oxygens (including phenoxy) is 1. The topological polar surface area (TPSA) is 29.5 Å². The fourth-order valence-electron chi connectivity index (χ4n) is 2.89. The maximum Gasteiger partial charge on any atom is 0.271 e. The van der Waals surface area contributed by atoms with E-state index in [1.807, 2.05) is 6.07 Å². The molecule has 3 nitrogen and oxygen atoms in total. The highest BCUT2D eigenvalue weighted by atomic mass is 35.5. The van der Waals surface area contributed by atoms with E-state index in [1.165, 1.54) is 5.56 Å². The minimum Gasteiger partial charge on any atom is -0.476 e. The highest BCUT2D eigenvalue weighted by Crippen LogP contribution is 2.40. The van der Waals surface area contributed by atoms with Crippen molar-refractivity contribution >= 4 is 23.2 Å². The number of anilines is 1. The Kier molecular flexibility index (Phi) is 4.31. The van der Waals surface area contributed by atoms with E-state index in [1.54, 1.807) is 30.9 Å². The fraction of sp³-hybridized carbons (Fsp3) is 0.350. The first-order valence-electron chi connectivity index (χ1n) is 8.17. The van der Waals surface area contributed by atoms with Gasteiger partial charge in [0.2, 0.25) is 0 Å². The Balaban J connectivity index is 1.96. The third kappa shape index (κ3) is 3.13. The number of benzene rings is 2. The van der Waals surface area contributed by atoms with Crippen molar-refractivity contribution in [3.05, 3.63) is 58.6 Å². The van der Waals surface area contributed by atoms with Crippen LogP contribution in [-0.2, 0) is 11.3 Å². The Morgan fingerprint density at radius 2 is 1.79 bits per heavy atom. The maximum absolute atomic E-state index is 12.9. The van der Waals surface area contributed by atoms with Gasteiger partial charge in [0.25, 0.3) is 5.91 Å². The molecule has 0 N–H and O–H groups in total. The molecule has 0 radical (unpaired) electrons. The lowest BCUT2D eigenvalue weighted by atomic mass is 10.00. The Labute approximate surface area is 148 Å². The first-order valence-corrected chi connectivity index (χ1v) is 8.55. The molecule has 0 aliphatic carbocycles. The molecular formula is C20H22ClNO2. The summed E-state index contributed by atoms with van der Waals surface area (Å²) in [5, 5.41) is 0.588. The lowest BCUT2D eigenvalue weighted by molar-refractivity contribution is -0.132. The summed E-state index contributed by atoms with van der Waals surface area (Å²) in [7, 11) is 0. The SMILES string of the molecule is CC(C)c1ccc(CN2C(=O)C(C)(C)Oc3ccc(Cl)cc32)cc1. The van der Waals surface area contributed by atoms with Gasteiger partial charge in [0.1, 0.15) is 5.75 Å². The van der Waals surface area contributed by atoms with Crippen LogP contribution in [0.25, 0.3) is 0 Å². The number of rotatable bonds is 3. The molecule has 126 valence electrons. The number of amides is 1. The molecule has 1 aliphatic heterocycles. The summed E-state index contributed by atoms with van der Waals surface area (Å²) in [5.41, 5.74) is 2.20. The zero-order valence-electron chi connectivity index (χ0n) is 14.5. The van der Waals surface area contributed by atoms with Crippen molar-refractivity contribution in [1.82, 2.24) is 0 Å². The summed E-state index contributed by atoms with van der Waals surface area (Å²) in [5.74, 6) is 1.11. The van der Waals surface area contributed by atoms with Crippen LogP contribution in [0.4, 0.5) is 5.69 Å². The van der Waals surface area contributed by atoms with E-state index in [-0.39, 0.29) is 5.91 Å². The standard InChI is InChI=1S/C20H22ClNO2/c1-13(2)15-7-5-14(6-8-15)12-22-17-11-16(21)9-10-18(17)24-20(3,4)19(22)23/h5-11,13H,12H2,1-4H3. The molecule has 0 saturated carbocycles. The minimum absolute atomic E-state index is 0.0646. The van der Waals surface area contributed by atoms with Crippen LogP contribution in [-0.4, -0.2) is 11.5 Å². The number of hydrogen-bond acceptors (Lipinski definition) is 2. The average molecular weight is 344 g/mol. The predicted molar refractivity (Wildman–Crippen MR) is 97.9 cm³/mol. The van der Waals surface area contributed by atoms with E-state index in [0.29, 0.717) is 23.2 Å². The number of nitrogens with zero attached hydrogens (tertiary/aromatic N) is 1. The van der Waals surface area contributed by atoms with Crippen molar-refractivity contribution in [1.29, 1.82) is 0 Å². The Morgan fingerprint density at radius 1 is 1.12 bits per heavy atom. The molecule has 0 aromatic heterocycles. The van der Waals surface area contributed by atoms with Gasteiger partial charge in [-0.15, -0.1) is 0 Å². The molecule has 2 aromatic carbocycles. The number of carbonyl (C=O) groups is 1. The second kappa shape index (κ2) is 6.14. The molecule has 24 heavy (non-hydrogen) atoms. The summed E-state index contributed by atoms with van der Waals surface area (Å²) < 4.78 is 5.86. The molecule has 2 aromatic rings. The van der Waals surface area contributed by atoms with Gasteiger partial charge in [-0.25, -0.2) is 0 Å². The lowest BCUT2D eigenvalue weighted by Crippen LogP contribution is -2.52. The number of halogens is 1. The summed E-state index contributed by atoms with van der Waals surface area (Å²) in [6.07, 6.45) is 0. The Hall–Kier alpha value is -2.00. The summed E-state index contributed by atoms with van der Waals surface area (Å²) >= 11 is 6.13. The quantitative estimate of drug-likeness (QED) is 0.769. The summed E-state index contributed by atoms with van der Waals surface area (Å²) in [4.78, 5) is 14.6. The molecular weight excluding hydrogens is 322 g/mol. The van der Waals surface area contributed by atoms with Gasteiger partial charge in [0.05, 0.1) is 12.2 Å². The van der Waals surface area contributed by atoms with Crippen LogP contribution < -0.4 is 9.64 Å². The number of fused-ring (bicyclic) bond motifs is 1. The second-order valence-electron chi connectivity index (χ2n) is 7.01. The van der Waals surface area contributed by atoms with E-state index < -0.39 is 5.60 Å². The third-order valence-corrected chi connectivity index (χ3v) is 4.56. The lowest BCUT2D eigenvalue weighted by Gasteiger charge is -2.39. The largest absolute Gasteiger partial charge is 0.476 e. The second-order valence-corrected chi connectivity index (χ2v) is 7.45. The van der Waals surface area contributed by atoms with E-state index in [2.05, 4.69) is 38.1 Å². The van der Waals surface area contributed by atoms with Crippen molar-refractivity contribution in [2.75, 3.05) is 4.90 Å². The first kappa shape index (κ1) is 16.8. The van der Waals surface area contributed by atoms with Crippen LogP contribution in [0.15, 0.2) is 42.5 Å². The molecule has 0 atom stereocenters. The van der Waals surface area contributed by atoms with Gasteiger partial charge in [-0.3, -0.25) is 4.79 Å². The molecule has 0 spiro atoms. The molecule has 1 amide bonds. The average Bonchev–Trinajstić information content (AvgIpc) is 2.53. The Bertz CT molecular complexity index is 766. The van der Waals surface area contributed by atoms with Crippen LogP contribution in [0, 0.1) is 0 Å². The minimum atomic E-state index is -0.890. The van der Waals surface area contributed by atoms with Gasteiger partial charge in [-0.05, 0) is 49.1 Å². The molecule has 0 saturated heterocycles. The summed E-state index contributed by atoms with van der Waals surface area (Å²) in [6.45, 7) is 8.42.